The zero-order valence-electron chi connectivity index (χ0n) is 13.5. The van der Waals surface area contributed by atoms with E-state index in [0.29, 0.717) is 18.4 Å². The van der Waals surface area contributed by atoms with Crippen LogP contribution in [0.15, 0.2) is 0 Å². The number of hydrogen-bond acceptors (Lipinski definition) is 3. The van der Waals surface area contributed by atoms with Gasteiger partial charge in [0.05, 0.1) is 0 Å². The van der Waals surface area contributed by atoms with Gasteiger partial charge in [0.25, 0.3) is 0 Å². The molecule has 0 saturated heterocycles. The molecule has 4 heteroatoms. The minimum Gasteiger partial charge on any atom is -0.352 e. The number of nitrogens with one attached hydrogen (secondary N) is 1. The molecular formula is C16H33N3O. The molecule has 1 aliphatic rings. The van der Waals surface area contributed by atoms with Gasteiger partial charge in [-0.3, -0.25) is 4.79 Å². The van der Waals surface area contributed by atoms with Crippen LogP contribution in [-0.2, 0) is 4.79 Å². The van der Waals surface area contributed by atoms with Crippen molar-refractivity contribution < 1.29 is 4.79 Å². The largest absolute Gasteiger partial charge is 0.352 e. The molecule has 1 saturated carbocycles. The molecule has 0 aliphatic heterocycles. The Bertz CT molecular complexity index is 271. The molecular weight excluding hydrogens is 250 g/mol. The van der Waals surface area contributed by atoms with Crippen LogP contribution in [0.2, 0.25) is 0 Å². The third-order valence-electron chi connectivity index (χ3n) is 4.50. The van der Waals surface area contributed by atoms with Crippen LogP contribution in [0.25, 0.3) is 0 Å². The third kappa shape index (κ3) is 6.71. The summed E-state index contributed by atoms with van der Waals surface area (Å²) in [5, 5.41) is 3.12. The van der Waals surface area contributed by atoms with E-state index in [1.165, 1.54) is 12.8 Å². The van der Waals surface area contributed by atoms with E-state index < -0.39 is 0 Å². The zero-order valence-corrected chi connectivity index (χ0v) is 13.5. The van der Waals surface area contributed by atoms with E-state index in [1.807, 2.05) is 0 Å². The highest BCUT2D eigenvalue weighted by Gasteiger charge is 2.19. The maximum atomic E-state index is 12.0. The van der Waals surface area contributed by atoms with Gasteiger partial charge >= 0.3 is 0 Å². The van der Waals surface area contributed by atoms with Gasteiger partial charge in [0, 0.05) is 25.0 Å². The first-order chi connectivity index (χ1) is 9.55. The van der Waals surface area contributed by atoms with Crippen LogP contribution in [0, 0.1) is 5.92 Å². The molecule has 0 bridgehead atoms. The Balaban J connectivity index is 2.16. The molecule has 20 heavy (non-hydrogen) atoms. The van der Waals surface area contributed by atoms with Gasteiger partial charge in [0.2, 0.25) is 5.91 Å². The topological polar surface area (TPSA) is 58.4 Å². The number of amides is 1. The minimum atomic E-state index is 0.208. The van der Waals surface area contributed by atoms with Crippen LogP contribution in [-0.4, -0.2) is 42.5 Å². The van der Waals surface area contributed by atoms with Crippen molar-refractivity contribution in [3.8, 4) is 0 Å². The summed E-state index contributed by atoms with van der Waals surface area (Å²) in [7, 11) is 0. The Kier molecular flexibility index (Phi) is 8.15. The number of rotatable bonds is 8. The van der Waals surface area contributed by atoms with Crippen molar-refractivity contribution in [2.24, 2.45) is 11.7 Å². The second kappa shape index (κ2) is 9.35. The zero-order chi connectivity index (χ0) is 15.0. The molecule has 118 valence electrons. The molecule has 0 aromatic heterocycles. The smallest absolute Gasteiger partial charge is 0.220 e. The summed E-state index contributed by atoms with van der Waals surface area (Å²) in [6.45, 7) is 9.43. The maximum absolute atomic E-state index is 12.0. The van der Waals surface area contributed by atoms with E-state index in [-0.39, 0.29) is 11.9 Å². The highest BCUT2D eigenvalue weighted by atomic mass is 16.1. The van der Waals surface area contributed by atoms with Gasteiger partial charge in [-0.25, -0.2) is 0 Å². The maximum Gasteiger partial charge on any atom is 0.220 e. The van der Waals surface area contributed by atoms with Crippen molar-refractivity contribution in [1.29, 1.82) is 0 Å². The quantitative estimate of drug-likeness (QED) is 0.717. The molecule has 0 aromatic rings. The minimum absolute atomic E-state index is 0.208. The monoisotopic (exact) mass is 283 g/mol. The molecule has 0 radical (unpaired) electrons. The molecule has 3 N–H and O–H groups in total. The summed E-state index contributed by atoms with van der Waals surface area (Å²) < 4.78 is 0. The van der Waals surface area contributed by atoms with Crippen LogP contribution in [0.4, 0.5) is 0 Å². The van der Waals surface area contributed by atoms with Crippen LogP contribution >= 0.6 is 0 Å². The number of carbonyl (C=O) groups excluding carboxylic acids is 1. The highest BCUT2D eigenvalue weighted by molar-refractivity contribution is 5.76. The van der Waals surface area contributed by atoms with Crippen molar-refractivity contribution >= 4 is 5.91 Å². The molecule has 1 aliphatic carbocycles. The fourth-order valence-corrected chi connectivity index (χ4v) is 3.07. The van der Waals surface area contributed by atoms with Crippen LogP contribution in [0.1, 0.15) is 59.3 Å². The van der Waals surface area contributed by atoms with Gasteiger partial charge in [-0.15, -0.1) is 0 Å². The summed E-state index contributed by atoms with van der Waals surface area (Å²) in [6, 6.07) is 0.636. The second-order valence-corrected chi connectivity index (χ2v) is 6.27. The van der Waals surface area contributed by atoms with Crippen molar-refractivity contribution in [2.45, 2.75) is 71.4 Å². The van der Waals surface area contributed by atoms with Gasteiger partial charge in [-0.05, 0) is 58.0 Å². The summed E-state index contributed by atoms with van der Waals surface area (Å²) >= 11 is 0. The van der Waals surface area contributed by atoms with Gasteiger partial charge in [0.15, 0.2) is 0 Å². The summed E-state index contributed by atoms with van der Waals surface area (Å²) in [4.78, 5) is 14.3. The molecule has 0 aromatic carbocycles. The fraction of sp³-hybridized carbons (Fsp3) is 0.938. The van der Waals surface area contributed by atoms with E-state index in [4.69, 9.17) is 5.73 Å². The fourth-order valence-electron chi connectivity index (χ4n) is 3.07. The van der Waals surface area contributed by atoms with Gasteiger partial charge < -0.3 is 16.0 Å². The number of likely N-dealkylation sites (N-methyl/N-ethyl adjacent to an activating group) is 1. The van der Waals surface area contributed by atoms with Gasteiger partial charge in [-0.2, -0.15) is 0 Å². The highest BCUT2D eigenvalue weighted by Crippen LogP contribution is 2.26. The number of nitrogens with zero attached hydrogens (tertiary/aromatic N) is 1. The summed E-state index contributed by atoms with van der Waals surface area (Å²) in [5.41, 5.74) is 5.91. The summed E-state index contributed by atoms with van der Waals surface area (Å²) in [6.07, 6.45) is 6.35. The van der Waals surface area contributed by atoms with E-state index >= 15 is 0 Å². The number of nitrogens with two attached hydrogens (primary N) is 1. The van der Waals surface area contributed by atoms with E-state index in [2.05, 4.69) is 31.0 Å². The SMILES string of the molecule is CCN(CC)CC(C)NC(=O)CCC1CCC(N)CC1. The van der Waals surface area contributed by atoms with Gasteiger partial charge in [0.1, 0.15) is 0 Å². The Morgan fingerprint density at radius 1 is 1.25 bits per heavy atom. The van der Waals surface area contributed by atoms with Gasteiger partial charge in [-0.1, -0.05) is 13.8 Å². The first-order valence-corrected chi connectivity index (χ1v) is 8.32. The molecule has 1 atom stereocenters. The van der Waals surface area contributed by atoms with Crippen LogP contribution in [0.5, 0.6) is 0 Å². The molecule has 4 nitrogen and oxygen atoms in total. The molecule has 1 amide bonds. The Labute approximate surface area is 124 Å². The molecule has 1 fully saturated rings. The predicted molar refractivity (Wildman–Crippen MR) is 84.6 cm³/mol. The van der Waals surface area contributed by atoms with E-state index in [9.17, 15) is 4.79 Å². The predicted octanol–water partition coefficient (Wildman–Crippen LogP) is 2.13. The lowest BCUT2D eigenvalue weighted by molar-refractivity contribution is -0.122. The average molecular weight is 283 g/mol. The lowest BCUT2D eigenvalue weighted by Crippen LogP contribution is -2.42. The first-order valence-electron chi connectivity index (χ1n) is 8.32. The average Bonchev–Trinajstić information content (AvgIpc) is 2.44. The van der Waals surface area contributed by atoms with Crippen LogP contribution < -0.4 is 11.1 Å². The molecule has 1 unspecified atom stereocenters. The molecule has 1 rings (SSSR count). The normalized spacial score (nSPS) is 24.6. The summed E-state index contributed by atoms with van der Waals surface area (Å²) in [5.74, 6) is 0.915. The Morgan fingerprint density at radius 2 is 1.85 bits per heavy atom. The van der Waals surface area contributed by atoms with Crippen molar-refractivity contribution in [2.75, 3.05) is 19.6 Å². The van der Waals surface area contributed by atoms with Crippen molar-refractivity contribution in [1.82, 2.24) is 10.2 Å². The Hall–Kier alpha value is -0.610. The third-order valence-corrected chi connectivity index (χ3v) is 4.50. The first kappa shape index (κ1) is 17.4. The van der Waals surface area contributed by atoms with Crippen molar-refractivity contribution in [3.63, 3.8) is 0 Å². The lowest BCUT2D eigenvalue weighted by Gasteiger charge is -2.26. The molecule has 0 heterocycles. The van der Waals surface area contributed by atoms with Crippen molar-refractivity contribution in [3.05, 3.63) is 0 Å². The standard InChI is InChI=1S/C16H33N3O/c1-4-19(5-2)12-13(3)18-16(20)11-8-14-6-9-15(17)10-7-14/h13-15H,4-12,17H2,1-3H3,(H,18,20). The van der Waals surface area contributed by atoms with Crippen LogP contribution in [0.3, 0.4) is 0 Å². The number of carbonyl (C=O) groups is 1. The number of hydrogen-bond donors (Lipinski definition) is 2. The van der Waals surface area contributed by atoms with E-state index in [0.717, 1.165) is 38.9 Å². The molecule has 0 spiro atoms. The Morgan fingerprint density at radius 3 is 2.40 bits per heavy atom. The van der Waals surface area contributed by atoms with E-state index in [1.54, 1.807) is 0 Å². The second-order valence-electron chi connectivity index (χ2n) is 6.27. The lowest BCUT2D eigenvalue weighted by atomic mass is 9.84.